The molecule has 1 amide bonds. The number of hydrogen-bond acceptors (Lipinski definition) is 4. The van der Waals surface area contributed by atoms with Crippen molar-refractivity contribution >= 4 is 20.7 Å². The second-order valence-electron chi connectivity index (χ2n) is 9.25. The van der Waals surface area contributed by atoms with Gasteiger partial charge in [-0.2, -0.15) is 0 Å². The summed E-state index contributed by atoms with van der Waals surface area (Å²) < 4.78 is 12.0. The van der Waals surface area contributed by atoms with Crippen LogP contribution in [0.2, 0.25) is 18.1 Å². The van der Waals surface area contributed by atoms with E-state index >= 15 is 0 Å². The van der Waals surface area contributed by atoms with Crippen molar-refractivity contribution < 1.29 is 18.8 Å². The fraction of sp³-hybridized carbons (Fsp3) is 0.889. The summed E-state index contributed by atoms with van der Waals surface area (Å²) in [5.74, 6) is 0. The van der Waals surface area contributed by atoms with Crippen LogP contribution in [0.15, 0.2) is 0 Å². The molecule has 0 spiro atoms. The molecule has 1 rings (SSSR count). The summed E-state index contributed by atoms with van der Waals surface area (Å²) in [5, 5.41) is 0.148. The fourth-order valence-corrected chi connectivity index (χ4v) is 4.01. The van der Waals surface area contributed by atoms with Crippen LogP contribution >= 0.6 is 0 Å². The molecule has 2 atom stereocenters. The van der Waals surface area contributed by atoms with Crippen LogP contribution in [0.3, 0.4) is 0 Å². The van der Waals surface area contributed by atoms with Gasteiger partial charge in [-0.05, 0) is 51.7 Å². The Balaban J connectivity index is 2.78. The zero-order chi connectivity index (χ0) is 18.8. The minimum atomic E-state index is -1.86. The number of likely N-dealkylation sites (tertiary alicyclic amines) is 1. The number of nitrogens with zero attached hydrogens (tertiary/aromatic N) is 1. The second kappa shape index (κ2) is 7.56. The Kier molecular flexibility index (Phi) is 6.67. The van der Waals surface area contributed by atoms with Crippen molar-refractivity contribution in [2.45, 2.75) is 96.7 Å². The summed E-state index contributed by atoms with van der Waals surface area (Å²) in [4.78, 5) is 25.2. The molecule has 0 aromatic carbocycles. The Morgan fingerprint density at radius 2 is 1.79 bits per heavy atom. The van der Waals surface area contributed by atoms with Crippen molar-refractivity contribution in [1.29, 1.82) is 0 Å². The minimum Gasteiger partial charge on any atom is -0.444 e. The number of amides is 1. The molecule has 0 aromatic rings. The smallest absolute Gasteiger partial charge is 0.410 e. The molecule has 0 saturated carbocycles. The van der Waals surface area contributed by atoms with Crippen LogP contribution in [0, 0.1) is 0 Å². The third-order valence-electron chi connectivity index (χ3n) is 4.93. The molecule has 0 bridgehead atoms. The van der Waals surface area contributed by atoms with E-state index in [1.807, 2.05) is 20.8 Å². The molecule has 1 saturated heterocycles. The second-order valence-corrected chi connectivity index (χ2v) is 14.0. The third-order valence-corrected chi connectivity index (χ3v) is 9.47. The Morgan fingerprint density at radius 3 is 2.25 bits per heavy atom. The number of aldehydes is 1. The van der Waals surface area contributed by atoms with Gasteiger partial charge in [0.15, 0.2) is 8.32 Å². The molecule has 140 valence electrons. The lowest BCUT2D eigenvalue weighted by atomic mass is 9.98. The number of carbonyl (C=O) groups excluding carboxylic acids is 2. The first-order chi connectivity index (χ1) is 10.8. The molecule has 5 nitrogen and oxygen atoms in total. The van der Waals surface area contributed by atoms with Crippen LogP contribution in [-0.4, -0.2) is 49.9 Å². The van der Waals surface area contributed by atoms with Crippen molar-refractivity contribution in [3.63, 3.8) is 0 Å². The molecular weight excluding hydrogens is 322 g/mol. The van der Waals surface area contributed by atoms with Gasteiger partial charge in [-0.15, -0.1) is 0 Å². The largest absolute Gasteiger partial charge is 0.444 e. The number of ether oxygens (including phenoxy) is 1. The van der Waals surface area contributed by atoms with E-state index in [1.165, 1.54) is 0 Å². The molecule has 1 heterocycles. The molecule has 6 heteroatoms. The van der Waals surface area contributed by atoms with E-state index in [9.17, 15) is 9.59 Å². The summed E-state index contributed by atoms with van der Waals surface area (Å²) in [6.07, 6.45) is 2.48. The standard InChI is InChI=1S/C18H35NO4Si/c1-17(2,3)22-16(21)19-11-9-15(13-14(19)10-12-20)23-24(7,8)18(4,5)6/h12,14-15H,9-11,13H2,1-8H3/t14-,15-/m0/s1. The summed E-state index contributed by atoms with van der Waals surface area (Å²) in [6.45, 7) is 17.3. The van der Waals surface area contributed by atoms with Crippen molar-refractivity contribution in [1.82, 2.24) is 4.90 Å². The summed E-state index contributed by atoms with van der Waals surface area (Å²) in [7, 11) is -1.86. The quantitative estimate of drug-likeness (QED) is 0.554. The maximum absolute atomic E-state index is 12.4. The zero-order valence-electron chi connectivity index (χ0n) is 16.6. The Labute approximate surface area is 148 Å². The van der Waals surface area contributed by atoms with Crippen molar-refractivity contribution in [2.75, 3.05) is 6.54 Å². The first kappa shape index (κ1) is 21.2. The first-order valence-electron chi connectivity index (χ1n) is 8.88. The first-order valence-corrected chi connectivity index (χ1v) is 11.8. The van der Waals surface area contributed by atoms with E-state index in [1.54, 1.807) is 4.90 Å². The number of piperidine rings is 1. The molecule has 0 radical (unpaired) electrons. The van der Waals surface area contributed by atoms with E-state index in [2.05, 4.69) is 33.9 Å². The van der Waals surface area contributed by atoms with Crippen LogP contribution in [0.4, 0.5) is 4.79 Å². The highest BCUT2D eigenvalue weighted by molar-refractivity contribution is 6.74. The van der Waals surface area contributed by atoms with Crippen molar-refractivity contribution in [2.24, 2.45) is 0 Å². The normalized spacial score (nSPS) is 23.1. The van der Waals surface area contributed by atoms with Gasteiger partial charge in [0, 0.05) is 25.1 Å². The zero-order valence-corrected chi connectivity index (χ0v) is 17.6. The lowest BCUT2D eigenvalue weighted by Gasteiger charge is -2.44. The van der Waals surface area contributed by atoms with Gasteiger partial charge in [0.05, 0.1) is 0 Å². The number of carbonyl (C=O) groups is 2. The average molecular weight is 358 g/mol. The molecule has 1 fully saturated rings. The Morgan fingerprint density at radius 1 is 1.21 bits per heavy atom. The Hall–Kier alpha value is -0.883. The highest BCUT2D eigenvalue weighted by Crippen LogP contribution is 2.39. The van der Waals surface area contributed by atoms with Gasteiger partial charge in [0.2, 0.25) is 0 Å². The van der Waals surface area contributed by atoms with Crippen LogP contribution in [0.25, 0.3) is 0 Å². The van der Waals surface area contributed by atoms with Gasteiger partial charge >= 0.3 is 6.09 Å². The molecule has 0 aliphatic carbocycles. The predicted octanol–water partition coefficient (Wildman–Crippen LogP) is 4.37. The summed E-state index contributed by atoms with van der Waals surface area (Å²) in [6, 6.07) is -0.138. The van der Waals surface area contributed by atoms with Crippen LogP contribution in [0.1, 0.15) is 60.8 Å². The van der Waals surface area contributed by atoms with E-state index in [0.717, 1.165) is 12.7 Å². The lowest BCUT2D eigenvalue weighted by Crippen LogP contribution is -2.53. The van der Waals surface area contributed by atoms with Gasteiger partial charge in [-0.25, -0.2) is 4.79 Å². The fourth-order valence-electron chi connectivity index (χ4n) is 2.61. The molecule has 0 unspecified atom stereocenters. The van der Waals surface area contributed by atoms with E-state index in [0.29, 0.717) is 19.4 Å². The Bertz CT molecular complexity index is 451. The van der Waals surface area contributed by atoms with Crippen LogP contribution in [0.5, 0.6) is 0 Å². The average Bonchev–Trinajstić information content (AvgIpc) is 2.35. The minimum absolute atomic E-state index is 0.106. The van der Waals surface area contributed by atoms with Crippen LogP contribution < -0.4 is 0 Å². The number of rotatable bonds is 4. The molecule has 1 aliphatic rings. The molecular formula is C18H35NO4Si. The van der Waals surface area contributed by atoms with Gasteiger partial charge in [-0.3, -0.25) is 0 Å². The third kappa shape index (κ3) is 5.88. The summed E-state index contributed by atoms with van der Waals surface area (Å²) in [5.41, 5.74) is -0.530. The molecule has 0 N–H and O–H groups in total. The van der Waals surface area contributed by atoms with E-state index < -0.39 is 13.9 Å². The van der Waals surface area contributed by atoms with Gasteiger partial charge in [-0.1, -0.05) is 20.8 Å². The van der Waals surface area contributed by atoms with Gasteiger partial charge in [0.1, 0.15) is 11.9 Å². The van der Waals surface area contributed by atoms with E-state index in [-0.39, 0.29) is 23.3 Å². The maximum Gasteiger partial charge on any atom is 0.410 e. The SMILES string of the molecule is CC(C)(C)OC(=O)N1CC[C@H](O[Si](C)(C)C(C)(C)C)C[C@@H]1CC=O. The highest BCUT2D eigenvalue weighted by atomic mass is 28.4. The maximum atomic E-state index is 12.4. The van der Waals surface area contributed by atoms with Gasteiger partial charge < -0.3 is 18.9 Å². The number of hydrogen-bond donors (Lipinski definition) is 0. The summed E-state index contributed by atoms with van der Waals surface area (Å²) >= 11 is 0. The lowest BCUT2D eigenvalue weighted by molar-refractivity contribution is -0.109. The predicted molar refractivity (Wildman–Crippen MR) is 98.7 cm³/mol. The molecule has 0 aromatic heterocycles. The van der Waals surface area contributed by atoms with Gasteiger partial charge in [0.25, 0.3) is 0 Å². The molecule has 24 heavy (non-hydrogen) atoms. The van der Waals surface area contributed by atoms with E-state index in [4.69, 9.17) is 9.16 Å². The topological polar surface area (TPSA) is 55.8 Å². The van der Waals surface area contributed by atoms with Crippen LogP contribution in [-0.2, 0) is 14.0 Å². The van der Waals surface area contributed by atoms with Crippen molar-refractivity contribution in [3.05, 3.63) is 0 Å². The molecule has 1 aliphatic heterocycles. The monoisotopic (exact) mass is 357 g/mol. The van der Waals surface area contributed by atoms with Crippen molar-refractivity contribution in [3.8, 4) is 0 Å². The highest BCUT2D eigenvalue weighted by Gasteiger charge is 2.42.